The van der Waals surface area contributed by atoms with Crippen LogP contribution in [0.4, 0.5) is 11.5 Å². The van der Waals surface area contributed by atoms with Crippen LogP contribution in [0.15, 0.2) is 12.3 Å². The van der Waals surface area contributed by atoms with Crippen molar-refractivity contribution in [1.82, 2.24) is 14.6 Å². The second-order valence-electron chi connectivity index (χ2n) is 4.24. The number of amides is 1. The number of nitrogen functional groups attached to an aromatic ring is 1. The molecule has 1 amide bonds. The normalized spacial score (nSPS) is 11.4. The molecule has 1 aromatic rings. The summed E-state index contributed by atoms with van der Waals surface area (Å²) in [6.07, 6.45) is 0.876. The van der Waals surface area contributed by atoms with Crippen molar-refractivity contribution in [3.8, 4) is 0 Å². The van der Waals surface area contributed by atoms with Gasteiger partial charge in [-0.05, 0) is 6.07 Å². The molecular formula is C10H15N5O5S. The maximum absolute atomic E-state index is 11.9. The van der Waals surface area contributed by atoms with E-state index in [-0.39, 0.29) is 23.7 Å². The molecule has 0 aliphatic rings. The molecule has 1 rings (SSSR count). The van der Waals surface area contributed by atoms with Crippen LogP contribution in [0.3, 0.4) is 0 Å². The van der Waals surface area contributed by atoms with Crippen LogP contribution < -0.4 is 11.1 Å². The average Bonchev–Trinajstić information content (AvgIpc) is 2.37. The maximum Gasteiger partial charge on any atom is 0.300 e. The fourth-order valence-electron chi connectivity index (χ4n) is 1.36. The molecule has 10 nitrogen and oxygen atoms in total. The Morgan fingerprint density at radius 1 is 1.52 bits per heavy atom. The summed E-state index contributed by atoms with van der Waals surface area (Å²) < 4.78 is 24.0. The summed E-state index contributed by atoms with van der Waals surface area (Å²) in [4.78, 5) is 25.4. The topological polar surface area (TPSA) is 149 Å². The first kappa shape index (κ1) is 16.8. The van der Waals surface area contributed by atoms with E-state index in [1.807, 2.05) is 0 Å². The zero-order valence-corrected chi connectivity index (χ0v) is 12.3. The molecule has 0 aliphatic carbocycles. The maximum atomic E-state index is 11.9. The number of sulfonamides is 1. The molecule has 116 valence electrons. The summed E-state index contributed by atoms with van der Waals surface area (Å²) in [7, 11) is -0.730. The van der Waals surface area contributed by atoms with E-state index in [0.717, 1.165) is 16.6 Å². The number of nitrogens with one attached hydrogen (secondary N) is 1. The molecule has 0 atom stereocenters. The van der Waals surface area contributed by atoms with Gasteiger partial charge in [-0.3, -0.25) is 14.9 Å². The summed E-state index contributed by atoms with van der Waals surface area (Å²) in [5.41, 5.74) is 4.62. The van der Waals surface area contributed by atoms with Crippen molar-refractivity contribution in [2.24, 2.45) is 0 Å². The van der Waals surface area contributed by atoms with Gasteiger partial charge in [-0.2, -0.15) is 0 Å². The summed E-state index contributed by atoms with van der Waals surface area (Å²) in [5.74, 6) is -1.16. The first-order valence-electron chi connectivity index (χ1n) is 5.73. The molecule has 0 aromatic carbocycles. The number of carbonyl (C=O) groups excluding carboxylic acids is 1. The van der Waals surface area contributed by atoms with Gasteiger partial charge in [0.1, 0.15) is 17.6 Å². The zero-order valence-electron chi connectivity index (χ0n) is 11.4. The minimum atomic E-state index is -3.46. The lowest BCUT2D eigenvalue weighted by atomic mass is 10.2. The van der Waals surface area contributed by atoms with E-state index >= 15 is 0 Å². The van der Waals surface area contributed by atoms with Gasteiger partial charge in [0.25, 0.3) is 11.6 Å². The van der Waals surface area contributed by atoms with Gasteiger partial charge in [0, 0.05) is 20.6 Å². The molecule has 0 saturated carbocycles. The third-order valence-corrected chi connectivity index (χ3v) is 4.38. The Labute approximate surface area is 121 Å². The Morgan fingerprint density at radius 2 is 2.14 bits per heavy atom. The number of carbonyl (C=O) groups is 1. The van der Waals surface area contributed by atoms with Crippen molar-refractivity contribution in [2.75, 3.05) is 32.1 Å². The van der Waals surface area contributed by atoms with Crippen LogP contribution >= 0.6 is 0 Å². The number of aromatic nitrogens is 1. The molecule has 11 heteroatoms. The summed E-state index contributed by atoms with van der Waals surface area (Å²) >= 11 is 0. The molecule has 0 bridgehead atoms. The largest absolute Gasteiger partial charge is 0.384 e. The lowest BCUT2D eigenvalue weighted by Gasteiger charge is -2.11. The van der Waals surface area contributed by atoms with Crippen LogP contribution in [0, 0.1) is 10.1 Å². The van der Waals surface area contributed by atoms with Crippen molar-refractivity contribution < 1.29 is 18.1 Å². The van der Waals surface area contributed by atoms with E-state index in [4.69, 9.17) is 5.73 Å². The molecule has 0 aliphatic heterocycles. The highest BCUT2D eigenvalue weighted by Gasteiger charge is 2.22. The fraction of sp³-hybridized carbons (Fsp3) is 0.400. The van der Waals surface area contributed by atoms with Crippen molar-refractivity contribution in [3.63, 3.8) is 0 Å². The Kier molecular flexibility index (Phi) is 5.16. The summed E-state index contributed by atoms with van der Waals surface area (Å²) in [6, 6.07) is 1.06. The monoisotopic (exact) mass is 317 g/mol. The smallest absolute Gasteiger partial charge is 0.300 e. The minimum absolute atomic E-state index is 0.0494. The van der Waals surface area contributed by atoms with E-state index in [1.54, 1.807) is 0 Å². The molecular weight excluding hydrogens is 302 g/mol. The van der Waals surface area contributed by atoms with Crippen molar-refractivity contribution in [1.29, 1.82) is 0 Å². The Balaban J connectivity index is 2.82. The number of nitrogens with zero attached hydrogens (tertiary/aromatic N) is 3. The van der Waals surface area contributed by atoms with Gasteiger partial charge >= 0.3 is 0 Å². The van der Waals surface area contributed by atoms with E-state index in [9.17, 15) is 23.3 Å². The molecule has 0 unspecified atom stereocenters. The number of anilines is 1. The predicted molar refractivity (Wildman–Crippen MR) is 75.1 cm³/mol. The van der Waals surface area contributed by atoms with E-state index < -0.39 is 26.5 Å². The van der Waals surface area contributed by atoms with Gasteiger partial charge in [0.05, 0.1) is 10.7 Å². The predicted octanol–water partition coefficient (Wildman–Crippen LogP) is -0.807. The van der Waals surface area contributed by atoms with Gasteiger partial charge in [0.2, 0.25) is 10.0 Å². The van der Waals surface area contributed by atoms with Gasteiger partial charge in [0.15, 0.2) is 0 Å². The molecule has 0 saturated heterocycles. The first-order chi connectivity index (χ1) is 9.65. The zero-order chi connectivity index (χ0) is 16.2. The standard InChI is InChI=1S/C10H15N5O5S/c1-14(2)21(19,20)4-3-12-10(16)7-5-9(11)13-6-8(7)15(17)18/h5-6H,3-4H2,1-2H3,(H2,11,13)(H,12,16). The number of nitrogens with two attached hydrogens (primary N) is 1. The van der Waals surface area contributed by atoms with Crippen LogP contribution in [0.25, 0.3) is 0 Å². The number of rotatable bonds is 6. The third kappa shape index (κ3) is 4.36. The Morgan fingerprint density at radius 3 is 2.67 bits per heavy atom. The summed E-state index contributed by atoms with van der Waals surface area (Å²) in [6.45, 7) is -0.182. The highest BCUT2D eigenvalue weighted by atomic mass is 32.2. The van der Waals surface area contributed by atoms with Crippen molar-refractivity contribution in [3.05, 3.63) is 27.9 Å². The lowest BCUT2D eigenvalue weighted by Crippen LogP contribution is -2.34. The molecule has 0 spiro atoms. The van der Waals surface area contributed by atoms with Crippen LogP contribution in [0.5, 0.6) is 0 Å². The molecule has 1 heterocycles. The summed E-state index contributed by atoms with van der Waals surface area (Å²) in [5, 5.41) is 13.1. The van der Waals surface area contributed by atoms with Crippen LogP contribution in [0.1, 0.15) is 10.4 Å². The minimum Gasteiger partial charge on any atom is -0.384 e. The van der Waals surface area contributed by atoms with Gasteiger partial charge < -0.3 is 11.1 Å². The SMILES string of the molecule is CN(C)S(=O)(=O)CCNC(=O)c1cc(N)ncc1[N+](=O)[O-]. The van der Waals surface area contributed by atoms with Crippen molar-refractivity contribution >= 4 is 27.4 Å². The van der Waals surface area contributed by atoms with Gasteiger partial charge in [-0.25, -0.2) is 17.7 Å². The van der Waals surface area contributed by atoms with Crippen LogP contribution in [-0.4, -0.2) is 54.9 Å². The molecule has 1 aromatic heterocycles. The second-order valence-corrected chi connectivity index (χ2v) is 6.54. The number of pyridine rings is 1. The van der Waals surface area contributed by atoms with E-state index in [2.05, 4.69) is 10.3 Å². The van der Waals surface area contributed by atoms with Crippen LogP contribution in [-0.2, 0) is 10.0 Å². The Hall–Kier alpha value is -2.27. The number of hydrogen-bond donors (Lipinski definition) is 2. The quantitative estimate of drug-likeness (QED) is 0.515. The van der Waals surface area contributed by atoms with Gasteiger partial charge in [-0.15, -0.1) is 0 Å². The Bertz CT molecular complexity index is 658. The van der Waals surface area contributed by atoms with Crippen LogP contribution in [0.2, 0.25) is 0 Å². The van der Waals surface area contributed by atoms with Crippen molar-refractivity contribution in [2.45, 2.75) is 0 Å². The highest BCUT2D eigenvalue weighted by molar-refractivity contribution is 7.89. The number of nitro groups is 1. The lowest BCUT2D eigenvalue weighted by molar-refractivity contribution is -0.385. The molecule has 3 N–H and O–H groups in total. The van der Waals surface area contributed by atoms with E-state index in [0.29, 0.717) is 0 Å². The van der Waals surface area contributed by atoms with Gasteiger partial charge in [-0.1, -0.05) is 0 Å². The van der Waals surface area contributed by atoms with E-state index in [1.165, 1.54) is 14.1 Å². The number of hydrogen-bond acceptors (Lipinski definition) is 7. The molecule has 21 heavy (non-hydrogen) atoms. The fourth-order valence-corrected chi connectivity index (χ4v) is 2.09. The highest BCUT2D eigenvalue weighted by Crippen LogP contribution is 2.18. The first-order valence-corrected chi connectivity index (χ1v) is 7.34. The molecule has 0 radical (unpaired) electrons. The second kappa shape index (κ2) is 6.45. The third-order valence-electron chi connectivity index (χ3n) is 2.55. The average molecular weight is 317 g/mol. The molecule has 0 fully saturated rings.